The second kappa shape index (κ2) is 11.3. The van der Waals surface area contributed by atoms with Crippen molar-refractivity contribution in [2.24, 2.45) is 10.6 Å². The van der Waals surface area contributed by atoms with E-state index in [0.29, 0.717) is 0 Å². The number of carbonyl (C=O) groups excluding carboxylic acids is 5. The van der Waals surface area contributed by atoms with E-state index in [1.807, 2.05) is 0 Å². The second-order valence-corrected chi connectivity index (χ2v) is 8.03. The van der Waals surface area contributed by atoms with E-state index >= 15 is 0 Å². The molecule has 2 unspecified atom stereocenters. The van der Waals surface area contributed by atoms with Gasteiger partial charge in [0.25, 0.3) is 5.91 Å². The van der Waals surface area contributed by atoms with Crippen LogP contribution in [0.25, 0.3) is 0 Å². The number of ketones is 1. The Hall–Kier alpha value is -2.58. The Balaban J connectivity index is 2.04. The molecule has 32 heavy (non-hydrogen) atoms. The van der Waals surface area contributed by atoms with Crippen LogP contribution in [0.2, 0.25) is 0 Å². The van der Waals surface area contributed by atoms with E-state index in [4.69, 9.17) is 21.1 Å². The molecule has 1 N–H and O–H groups in total. The molecule has 2 fully saturated rings. The number of hydrogen-bond acceptors (Lipinski definition) is 12. The summed E-state index contributed by atoms with van der Waals surface area (Å²) in [7, 11) is 3.66. The average molecular weight is 496 g/mol. The van der Waals surface area contributed by atoms with Crippen molar-refractivity contribution in [2.45, 2.75) is 11.4 Å². The molecular weight excluding hydrogens is 474 g/mol. The predicted octanol–water partition coefficient (Wildman–Crippen LogP) is -0.887. The number of carbonyl (C=O) groups is 5. The normalized spacial score (nSPS) is 24.6. The molecule has 3 atom stereocenters. The Labute approximate surface area is 192 Å². The van der Waals surface area contributed by atoms with E-state index in [0.717, 1.165) is 14.2 Å². The van der Waals surface area contributed by atoms with Crippen LogP contribution >= 0.6 is 23.4 Å². The van der Waals surface area contributed by atoms with Crippen molar-refractivity contribution >= 4 is 58.8 Å². The topological polar surface area (TPSA) is 159 Å². The average Bonchev–Trinajstić information content (AvgIpc) is 2.80. The quantitative estimate of drug-likeness (QED) is 0.0761. The molecule has 0 bridgehead atoms. The highest BCUT2D eigenvalue weighted by molar-refractivity contribution is 8.00. The molecule has 13 nitrogen and oxygen atoms in total. The van der Waals surface area contributed by atoms with Gasteiger partial charge in [0.1, 0.15) is 23.9 Å². The fraction of sp³-hybridized carbons (Fsp3) is 0.647. The van der Waals surface area contributed by atoms with E-state index in [9.17, 15) is 24.0 Å². The predicted molar refractivity (Wildman–Crippen MR) is 109 cm³/mol. The summed E-state index contributed by atoms with van der Waals surface area (Å²) < 4.78 is 19.0. The molecule has 0 aromatic carbocycles. The van der Waals surface area contributed by atoms with Crippen molar-refractivity contribution in [1.29, 1.82) is 0 Å². The molecule has 2 saturated heterocycles. The van der Waals surface area contributed by atoms with Gasteiger partial charge in [0.15, 0.2) is 0 Å². The number of halogens is 1. The van der Waals surface area contributed by atoms with Crippen LogP contribution in [0.5, 0.6) is 0 Å². The first-order valence-electron chi connectivity index (χ1n) is 9.04. The molecule has 178 valence electrons. The molecule has 0 aromatic rings. The Morgan fingerprint density at radius 1 is 1.25 bits per heavy atom. The van der Waals surface area contributed by atoms with Crippen molar-refractivity contribution in [1.82, 2.24) is 10.2 Å². The van der Waals surface area contributed by atoms with Crippen LogP contribution < -0.4 is 5.32 Å². The van der Waals surface area contributed by atoms with Crippen LogP contribution in [0.3, 0.4) is 0 Å². The van der Waals surface area contributed by atoms with Crippen LogP contribution in [0.4, 0.5) is 4.79 Å². The molecule has 2 aliphatic heterocycles. The molecule has 2 aliphatic rings. The first-order chi connectivity index (χ1) is 15.2. The largest absolute Gasteiger partial charge is 0.510 e. The Morgan fingerprint density at radius 3 is 2.56 bits per heavy atom. The summed E-state index contributed by atoms with van der Waals surface area (Å²) in [4.78, 5) is 66.3. The number of esters is 1. The first-order valence-corrected chi connectivity index (χ1v) is 10.6. The van der Waals surface area contributed by atoms with Gasteiger partial charge in [-0.25, -0.2) is 4.79 Å². The molecule has 0 radical (unpaired) electrons. The number of amides is 2. The number of Topliss-reactive ketones (excluding diaryl/α,β-unsaturated/α-hetero) is 1. The van der Waals surface area contributed by atoms with Crippen LogP contribution in [0.15, 0.2) is 5.16 Å². The highest BCUT2D eigenvalue weighted by Crippen LogP contribution is 2.42. The molecule has 0 saturated carbocycles. The number of ether oxygens (including phenoxy) is 4. The van der Waals surface area contributed by atoms with Gasteiger partial charge in [0.05, 0.1) is 19.6 Å². The maximum atomic E-state index is 12.7. The first kappa shape index (κ1) is 25.7. The third kappa shape index (κ3) is 5.42. The highest BCUT2D eigenvalue weighted by atomic mass is 35.5. The fourth-order valence-electron chi connectivity index (χ4n) is 3.10. The number of fused-ring (bicyclic) bond motifs is 1. The number of thioether (sulfide) groups is 1. The Bertz CT molecular complexity index is 809. The summed E-state index contributed by atoms with van der Waals surface area (Å²) in [5.41, 5.74) is -1.77. The van der Waals surface area contributed by atoms with Crippen LogP contribution in [-0.2, 0) is 43.0 Å². The minimum absolute atomic E-state index is 0.0413. The SMILES string of the molecule is COCC1(C(=O)OCOC(=O)OC)CS[C@@H]2C(NC(=O)C(=NOC)C(=O)CCl)C(=O)N2C1. The van der Waals surface area contributed by atoms with Gasteiger partial charge < -0.3 is 34.0 Å². The number of methoxy groups -OCH3 is 2. The van der Waals surface area contributed by atoms with Gasteiger partial charge in [0, 0.05) is 19.4 Å². The van der Waals surface area contributed by atoms with Crippen molar-refractivity contribution in [2.75, 3.05) is 52.9 Å². The third-order valence-corrected chi connectivity index (χ3v) is 6.43. The lowest BCUT2D eigenvalue weighted by atomic mass is 9.88. The summed E-state index contributed by atoms with van der Waals surface area (Å²) in [6.07, 6.45) is -1.02. The lowest BCUT2D eigenvalue weighted by molar-refractivity contribution is -0.173. The van der Waals surface area contributed by atoms with Crippen molar-refractivity contribution in [3.8, 4) is 0 Å². The molecule has 15 heteroatoms. The third-order valence-electron chi connectivity index (χ3n) is 4.60. The smallest absolute Gasteiger partial charge is 0.438 e. The number of oxime groups is 1. The molecule has 2 heterocycles. The molecular formula is C17H22ClN3O10S. The number of alkyl halides is 1. The summed E-state index contributed by atoms with van der Waals surface area (Å²) >= 11 is 6.69. The highest BCUT2D eigenvalue weighted by Gasteiger charge is 2.58. The van der Waals surface area contributed by atoms with Crippen molar-refractivity contribution in [3.05, 3.63) is 0 Å². The van der Waals surface area contributed by atoms with Crippen LogP contribution in [-0.4, -0.2) is 105 Å². The Morgan fingerprint density at radius 2 is 1.97 bits per heavy atom. The molecule has 0 aliphatic carbocycles. The maximum Gasteiger partial charge on any atom is 0.510 e. The summed E-state index contributed by atoms with van der Waals surface area (Å²) in [6.45, 7) is -0.756. The van der Waals surface area contributed by atoms with Crippen molar-refractivity contribution < 1.29 is 47.8 Å². The number of β-lactam (4-membered cyclic amide) rings is 1. The summed E-state index contributed by atoms with van der Waals surface area (Å²) in [5.74, 6) is -3.15. The van der Waals surface area contributed by atoms with E-state index in [-0.39, 0.29) is 18.9 Å². The van der Waals surface area contributed by atoms with E-state index < -0.39 is 64.9 Å². The van der Waals surface area contributed by atoms with Crippen LogP contribution in [0.1, 0.15) is 0 Å². The van der Waals surface area contributed by atoms with Crippen LogP contribution in [0, 0.1) is 5.41 Å². The van der Waals surface area contributed by atoms with Gasteiger partial charge in [-0.15, -0.1) is 23.4 Å². The maximum absolute atomic E-state index is 12.7. The molecule has 2 rings (SSSR count). The summed E-state index contributed by atoms with van der Waals surface area (Å²) in [5, 5.41) is 5.34. The van der Waals surface area contributed by atoms with Gasteiger partial charge in [-0.3, -0.25) is 19.2 Å². The molecule has 0 spiro atoms. The van der Waals surface area contributed by atoms with Crippen molar-refractivity contribution in [3.63, 3.8) is 0 Å². The lowest BCUT2D eigenvalue weighted by Crippen LogP contribution is -2.74. The number of rotatable bonds is 10. The van der Waals surface area contributed by atoms with Gasteiger partial charge in [-0.2, -0.15) is 0 Å². The summed E-state index contributed by atoms with van der Waals surface area (Å²) in [6, 6.07) is -0.933. The number of nitrogens with one attached hydrogen (secondary N) is 1. The fourth-order valence-corrected chi connectivity index (χ4v) is 4.74. The lowest BCUT2D eigenvalue weighted by Gasteiger charge is -2.53. The minimum Gasteiger partial charge on any atom is -0.438 e. The minimum atomic E-state index is -1.21. The van der Waals surface area contributed by atoms with E-state index in [1.165, 1.54) is 23.8 Å². The monoisotopic (exact) mass is 495 g/mol. The van der Waals surface area contributed by atoms with Gasteiger partial charge in [-0.05, 0) is 0 Å². The molecule has 0 aromatic heterocycles. The van der Waals surface area contributed by atoms with Gasteiger partial charge in [0.2, 0.25) is 24.2 Å². The van der Waals surface area contributed by atoms with E-state index in [1.54, 1.807) is 0 Å². The van der Waals surface area contributed by atoms with Gasteiger partial charge in [-0.1, -0.05) is 5.16 Å². The standard InChI is InChI=1S/C17H22ClN3O10S/c1-27-6-17(15(25)30-8-31-16(26)28-2)5-21-13(24)11(14(21)32-7-17)19-12(23)10(20-29-3)9(22)4-18/h11,14H,4-8H2,1-3H3,(H,19,23)/t11?,14-,17?/m1/s1. The number of hydrogen-bond donors (Lipinski definition) is 1. The zero-order valence-corrected chi connectivity index (χ0v) is 19.0. The second-order valence-electron chi connectivity index (χ2n) is 6.66. The zero-order valence-electron chi connectivity index (χ0n) is 17.5. The number of nitrogens with zero attached hydrogens (tertiary/aromatic N) is 2. The van der Waals surface area contributed by atoms with E-state index in [2.05, 4.69) is 24.8 Å². The Kier molecular flexibility index (Phi) is 9.09. The zero-order chi connectivity index (χ0) is 23.9. The van der Waals surface area contributed by atoms with Gasteiger partial charge >= 0.3 is 12.1 Å². The molecule has 2 amide bonds.